The van der Waals surface area contributed by atoms with Crippen molar-refractivity contribution in [2.45, 2.75) is 20.8 Å². The van der Waals surface area contributed by atoms with Gasteiger partial charge in [-0.2, -0.15) is 0 Å². The minimum Gasteiger partial charge on any atom is -0.320 e. The molecule has 4 rings (SSSR count). The number of nitrogens with one attached hydrogen (secondary N) is 1. The third-order valence-corrected chi connectivity index (χ3v) is 4.94. The molecule has 3 aromatic rings. The third kappa shape index (κ3) is 2.61. The Bertz CT molecular complexity index is 1170. The highest BCUT2D eigenvalue weighted by atomic mass is 16.2. The Morgan fingerprint density at radius 3 is 2.41 bits per heavy atom. The van der Waals surface area contributed by atoms with Gasteiger partial charge in [0.25, 0.3) is 11.5 Å². The molecular weight excluding hydrogens is 340 g/mol. The Hall–Kier alpha value is -3.41. The van der Waals surface area contributed by atoms with Crippen LogP contribution in [0.4, 0.5) is 11.4 Å². The van der Waals surface area contributed by atoms with Crippen LogP contribution in [0.3, 0.4) is 0 Å². The molecule has 1 aromatic heterocycles. The normalized spacial score (nSPS) is 14.5. The number of nitrogens with zero attached hydrogens (tertiary/aromatic N) is 3. The van der Waals surface area contributed by atoms with Crippen LogP contribution >= 0.6 is 0 Å². The molecule has 1 N–H and O–H groups in total. The first-order valence-electron chi connectivity index (χ1n) is 8.74. The first-order chi connectivity index (χ1) is 12.9. The highest BCUT2D eigenvalue weighted by Gasteiger charge is 2.29. The van der Waals surface area contributed by atoms with Crippen molar-refractivity contribution >= 4 is 23.0 Å². The quantitative estimate of drug-likeness (QED) is 0.763. The minimum atomic E-state index is -0.285. The summed E-state index contributed by atoms with van der Waals surface area (Å²) in [5, 5.41) is 2.87. The zero-order chi connectivity index (χ0) is 19.3. The zero-order valence-electron chi connectivity index (χ0n) is 15.7. The van der Waals surface area contributed by atoms with Crippen LogP contribution < -0.4 is 10.9 Å². The van der Waals surface area contributed by atoms with Gasteiger partial charge >= 0.3 is 0 Å². The van der Waals surface area contributed by atoms with Crippen LogP contribution in [0.25, 0.3) is 5.69 Å². The molecule has 0 bridgehead atoms. The molecule has 2 aromatic carbocycles. The van der Waals surface area contributed by atoms with Crippen molar-refractivity contribution in [1.29, 1.82) is 0 Å². The number of aryl methyl sites for hydroxylation is 2. The van der Waals surface area contributed by atoms with Gasteiger partial charge in [0, 0.05) is 12.6 Å². The van der Waals surface area contributed by atoms with E-state index in [9.17, 15) is 9.59 Å². The van der Waals surface area contributed by atoms with Crippen molar-refractivity contribution in [2.24, 2.45) is 12.0 Å². The van der Waals surface area contributed by atoms with Gasteiger partial charge in [0.15, 0.2) is 5.69 Å². The average Bonchev–Trinajstić information content (AvgIpc) is 3.05. The first-order valence-corrected chi connectivity index (χ1v) is 8.74. The Balaban J connectivity index is 1.93. The van der Waals surface area contributed by atoms with Gasteiger partial charge in [0.05, 0.1) is 17.1 Å². The summed E-state index contributed by atoms with van der Waals surface area (Å²) in [5.74, 6) is -0.285. The minimum absolute atomic E-state index is 0.251. The summed E-state index contributed by atoms with van der Waals surface area (Å²) in [4.78, 5) is 30.1. The van der Waals surface area contributed by atoms with Gasteiger partial charge in [-0.05, 0) is 44.5 Å². The van der Waals surface area contributed by atoms with E-state index >= 15 is 0 Å². The molecule has 1 aliphatic rings. The van der Waals surface area contributed by atoms with Crippen molar-refractivity contribution < 1.29 is 4.79 Å². The number of hydrogen-bond donors (Lipinski definition) is 1. The fourth-order valence-electron chi connectivity index (χ4n) is 3.52. The van der Waals surface area contributed by atoms with Gasteiger partial charge < -0.3 is 5.32 Å². The lowest BCUT2D eigenvalue weighted by Crippen LogP contribution is -2.20. The maximum absolute atomic E-state index is 13.1. The average molecular weight is 360 g/mol. The summed E-state index contributed by atoms with van der Waals surface area (Å²) in [6, 6.07) is 13.3. The predicted molar refractivity (Wildman–Crippen MR) is 106 cm³/mol. The van der Waals surface area contributed by atoms with Gasteiger partial charge in [-0.15, -0.1) is 0 Å². The lowest BCUT2D eigenvalue weighted by atomic mass is 10.0. The number of para-hydroxylation sites is 1. The Labute approximate surface area is 156 Å². The smallest absolute Gasteiger partial charge is 0.297 e. The van der Waals surface area contributed by atoms with Gasteiger partial charge in [-0.1, -0.05) is 29.8 Å². The van der Waals surface area contributed by atoms with Crippen molar-refractivity contribution in [2.75, 3.05) is 5.32 Å². The molecule has 0 saturated carbocycles. The number of carbonyl (C=O) groups is 1. The molecule has 0 unspecified atom stereocenters. The van der Waals surface area contributed by atoms with Crippen molar-refractivity contribution in [3.63, 3.8) is 0 Å². The molecule has 0 aliphatic carbocycles. The van der Waals surface area contributed by atoms with Crippen LogP contribution in [-0.2, 0) is 11.8 Å². The fraction of sp³-hybridized carbons (Fsp3) is 0.190. The largest absolute Gasteiger partial charge is 0.320 e. The number of hydrogen-bond acceptors (Lipinski definition) is 3. The lowest BCUT2D eigenvalue weighted by molar-refractivity contribution is -0.110. The molecule has 0 fully saturated rings. The molecule has 0 radical (unpaired) electrons. The monoisotopic (exact) mass is 360 g/mol. The predicted octanol–water partition coefficient (Wildman–Crippen LogP) is 3.17. The van der Waals surface area contributed by atoms with E-state index in [1.165, 1.54) is 0 Å². The standard InChI is InChI=1S/C21H20N4O2/c1-12-10-13(2)17-16(11-12)19(20(26)23-17)22-18-14(3)24(4)25(21(18)27)15-8-6-5-7-9-15/h5-11H,1-4H3,(H,22,23,26). The summed E-state index contributed by atoms with van der Waals surface area (Å²) in [6.07, 6.45) is 0. The summed E-state index contributed by atoms with van der Waals surface area (Å²) in [5.41, 5.74) is 5.29. The molecule has 1 amide bonds. The second kappa shape index (κ2) is 6.09. The number of amides is 1. The van der Waals surface area contributed by atoms with E-state index in [1.807, 2.05) is 70.3 Å². The van der Waals surface area contributed by atoms with Crippen molar-refractivity contribution in [3.05, 3.63) is 75.2 Å². The molecule has 1 aliphatic heterocycles. The molecule has 6 nitrogen and oxygen atoms in total. The number of anilines is 1. The van der Waals surface area contributed by atoms with Crippen LogP contribution in [0.5, 0.6) is 0 Å². The van der Waals surface area contributed by atoms with E-state index in [4.69, 9.17) is 0 Å². The molecule has 2 heterocycles. The molecule has 0 saturated heterocycles. The third-order valence-electron chi connectivity index (χ3n) is 4.94. The van der Waals surface area contributed by atoms with Gasteiger partial charge in [-0.3, -0.25) is 14.3 Å². The number of aliphatic imine (C=N–C) groups is 1. The van der Waals surface area contributed by atoms with E-state index in [1.54, 1.807) is 9.36 Å². The SMILES string of the molecule is Cc1cc(C)c2c(c1)C(=Nc1c(C)n(C)n(-c3ccccc3)c1=O)C(=O)N2. The van der Waals surface area contributed by atoms with Gasteiger partial charge in [0.2, 0.25) is 0 Å². The molecule has 0 atom stereocenters. The summed E-state index contributed by atoms with van der Waals surface area (Å²) in [6.45, 7) is 5.75. The lowest BCUT2D eigenvalue weighted by Gasteiger charge is -2.07. The zero-order valence-corrected chi connectivity index (χ0v) is 15.7. The Kier molecular flexibility index (Phi) is 3.84. The number of aromatic nitrogens is 2. The highest BCUT2D eigenvalue weighted by molar-refractivity contribution is 6.54. The van der Waals surface area contributed by atoms with Crippen LogP contribution in [0.2, 0.25) is 0 Å². The Morgan fingerprint density at radius 2 is 1.70 bits per heavy atom. The van der Waals surface area contributed by atoms with E-state index < -0.39 is 0 Å². The van der Waals surface area contributed by atoms with Gasteiger partial charge in [0.1, 0.15) is 5.71 Å². The molecule has 6 heteroatoms. The van der Waals surface area contributed by atoms with Crippen LogP contribution in [0, 0.1) is 20.8 Å². The number of benzene rings is 2. The summed E-state index contributed by atoms with van der Waals surface area (Å²) >= 11 is 0. The Morgan fingerprint density at radius 1 is 1.00 bits per heavy atom. The van der Waals surface area contributed by atoms with Crippen molar-refractivity contribution in [3.8, 4) is 5.69 Å². The van der Waals surface area contributed by atoms with E-state index in [0.717, 1.165) is 28.1 Å². The van der Waals surface area contributed by atoms with Crippen LogP contribution in [0.15, 0.2) is 52.3 Å². The van der Waals surface area contributed by atoms with Gasteiger partial charge in [-0.25, -0.2) is 9.67 Å². The topological polar surface area (TPSA) is 68.4 Å². The second-order valence-electron chi connectivity index (χ2n) is 6.83. The van der Waals surface area contributed by atoms with E-state index in [2.05, 4.69) is 10.3 Å². The maximum Gasteiger partial charge on any atom is 0.297 e. The fourth-order valence-corrected chi connectivity index (χ4v) is 3.52. The second-order valence-corrected chi connectivity index (χ2v) is 6.83. The number of fused-ring (bicyclic) bond motifs is 1. The van der Waals surface area contributed by atoms with Crippen LogP contribution in [0.1, 0.15) is 22.4 Å². The molecule has 27 heavy (non-hydrogen) atoms. The van der Waals surface area contributed by atoms with Crippen LogP contribution in [-0.4, -0.2) is 21.0 Å². The summed E-state index contributed by atoms with van der Waals surface area (Å²) in [7, 11) is 1.81. The molecule has 0 spiro atoms. The van der Waals surface area contributed by atoms with E-state index in [-0.39, 0.29) is 22.9 Å². The van der Waals surface area contributed by atoms with E-state index in [0.29, 0.717) is 5.69 Å². The first kappa shape index (κ1) is 17.0. The molecule has 136 valence electrons. The summed E-state index contributed by atoms with van der Waals surface area (Å²) < 4.78 is 3.32. The number of carbonyl (C=O) groups excluding carboxylic acids is 1. The highest BCUT2D eigenvalue weighted by Crippen LogP contribution is 2.30. The maximum atomic E-state index is 13.1. The van der Waals surface area contributed by atoms with Crippen molar-refractivity contribution in [1.82, 2.24) is 9.36 Å². The molecular formula is C21H20N4O2. The number of rotatable bonds is 2.